The minimum Gasteiger partial charge on any atom is -0.312 e. The maximum absolute atomic E-state index is 4.15. The Morgan fingerprint density at radius 3 is 3.21 bits per heavy atom. The first kappa shape index (κ1) is 12.7. The molecule has 1 aliphatic rings. The third-order valence-electron chi connectivity index (χ3n) is 3.44. The molecule has 0 aliphatic carbocycles. The van der Waals surface area contributed by atoms with Crippen LogP contribution in [0.3, 0.4) is 0 Å². The van der Waals surface area contributed by atoms with Crippen molar-refractivity contribution in [3.63, 3.8) is 0 Å². The van der Waals surface area contributed by atoms with E-state index in [9.17, 15) is 0 Å². The number of aromatic nitrogens is 3. The lowest BCUT2D eigenvalue weighted by Gasteiger charge is -2.10. The van der Waals surface area contributed by atoms with Gasteiger partial charge in [-0.15, -0.1) is 0 Å². The molecule has 2 aromatic rings. The van der Waals surface area contributed by atoms with E-state index in [1.54, 1.807) is 6.20 Å². The molecular formula is C14H18N4S. The zero-order valence-electron chi connectivity index (χ0n) is 10.8. The van der Waals surface area contributed by atoms with Crippen molar-refractivity contribution in [3.8, 4) is 11.3 Å². The molecule has 100 valence electrons. The second-order valence-corrected chi connectivity index (χ2v) is 6.02. The van der Waals surface area contributed by atoms with Crippen molar-refractivity contribution < 1.29 is 0 Å². The van der Waals surface area contributed by atoms with Crippen LogP contribution in [-0.4, -0.2) is 33.2 Å². The van der Waals surface area contributed by atoms with Crippen molar-refractivity contribution in [1.29, 1.82) is 0 Å². The first-order chi connectivity index (χ1) is 9.43. The summed E-state index contributed by atoms with van der Waals surface area (Å²) in [4.78, 5) is 4.15. The van der Waals surface area contributed by atoms with Crippen LogP contribution in [0.2, 0.25) is 0 Å². The number of hydrogen-bond acceptors (Lipinski definition) is 4. The molecule has 0 saturated carbocycles. The Balaban J connectivity index is 1.61. The second-order valence-electron chi connectivity index (χ2n) is 4.87. The van der Waals surface area contributed by atoms with Crippen molar-refractivity contribution in [2.24, 2.45) is 5.92 Å². The lowest BCUT2D eigenvalue weighted by Crippen LogP contribution is -2.22. The van der Waals surface area contributed by atoms with Crippen molar-refractivity contribution in [1.82, 2.24) is 20.5 Å². The van der Waals surface area contributed by atoms with E-state index < -0.39 is 0 Å². The maximum Gasteiger partial charge on any atom is 0.0710 e. The molecule has 0 spiro atoms. The highest BCUT2D eigenvalue weighted by atomic mass is 32.2. The predicted octanol–water partition coefficient (Wildman–Crippen LogP) is 2.31. The van der Waals surface area contributed by atoms with Gasteiger partial charge in [0.15, 0.2) is 0 Å². The molecule has 0 bridgehead atoms. The van der Waals surface area contributed by atoms with Crippen LogP contribution < -0.4 is 5.32 Å². The highest BCUT2D eigenvalue weighted by Crippen LogP contribution is 2.23. The Labute approximate surface area is 117 Å². The van der Waals surface area contributed by atoms with Gasteiger partial charge in [-0.2, -0.15) is 16.9 Å². The van der Waals surface area contributed by atoms with Crippen LogP contribution in [-0.2, 0) is 6.54 Å². The fourth-order valence-electron chi connectivity index (χ4n) is 2.36. The van der Waals surface area contributed by atoms with Crippen LogP contribution in [0.15, 0.2) is 30.7 Å². The molecule has 19 heavy (non-hydrogen) atoms. The minimum atomic E-state index is 0.832. The summed E-state index contributed by atoms with van der Waals surface area (Å²) in [5.74, 6) is 3.45. The van der Waals surface area contributed by atoms with Crippen LogP contribution >= 0.6 is 11.8 Å². The molecule has 3 heterocycles. The first-order valence-electron chi connectivity index (χ1n) is 6.64. The van der Waals surface area contributed by atoms with Crippen molar-refractivity contribution in [2.45, 2.75) is 13.0 Å². The van der Waals surface area contributed by atoms with E-state index in [0.717, 1.165) is 30.3 Å². The normalized spacial score (nSPS) is 18.8. The van der Waals surface area contributed by atoms with Gasteiger partial charge in [0.1, 0.15) is 0 Å². The summed E-state index contributed by atoms with van der Waals surface area (Å²) in [5, 5.41) is 10.8. The average Bonchev–Trinajstić information content (AvgIpc) is 3.11. The van der Waals surface area contributed by atoms with E-state index in [4.69, 9.17) is 0 Å². The fourth-order valence-corrected chi connectivity index (χ4v) is 3.65. The number of pyridine rings is 1. The van der Waals surface area contributed by atoms with Crippen LogP contribution in [0.1, 0.15) is 12.0 Å². The van der Waals surface area contributed by atoms with Gasteiger partial charge in [-0.25, -0.2) is 0 Å². The summed E-state index contributed by atoms with van der Waals surface area (Å²) in [5.41, 5.74) is 3.37. The zero-order chi connectivity index (χ0) is 12.9. The molecule has 4 nitrogen and oxygen atoms in total. The molecule has 5 heteroatoms. The van der Waals surface area contributed by atoms with Gasteiger partial charge < -0.3 is 5.32 Å². The number of aromatic amines is 1. The van der Waals surface area contributed by atoms with E-state index in [2.05, 4.69) is 38.3 Å². The Kier molecular flexibility index (Phi) is 4.15. The van der Waals surface area contributed by atoms with Crippen LogP contribution in [0, 0.1) is 5.92 Å². The van der Waals surface area contributed by atoms with Gasteiger partial charge in [-0.1, -0.05) is 0 Å². The molecule has 0 radical (unpaired) electrons. The number of rotatable bonds is 5. The summed E-state index contributed by atoms with van der Waals surface area (Å²) in [6.45, 7) is 1.96. The monoisotopic (exact) mass is 274 g/mol. The van der Waals surface area contributed by atoms with Crippen molar-refractivity contribution in [3.05, 3.63) is 36.3 Å². The van der Waals surface area contributed by atoms with Gasteiger partial charge >= 0.3 is 0 Å². The quantitative estimate of drug-likeness (QED) is 0.878. The zero-order valence-corrected chi connectivity index (χ0v) is 11.6. The smallest absolute Gasteiger partial charge is 0.0710 e. The topological polar surface area (TPSA) is 53.6 Å². The number of nitrogens with one attached hydrogen (secondary N) is 2. The molecule has 0 amide bonds. The van der Waals surface area contributed by atoms with Crippen molar-refractivity contribution in [2.75, 3.05) is 18.1 Å². The Hall–Kier alpha value is -1.33. The van der Waals surface area contributed by atoms with Gasteiger partial charge in [-0.3, -0.25) is 10.1 Å². The molecule has 1 saturated heterocycles. The molecule has 1 unspecified atom stereocenters. The van der Waals surface area contributed by atoms with Crippen LogP contribution in [0.25, 0.3) is 11.3 Å². The Morgan fingerprint density at radius 1 is 1.42 bits per heavy atom. The average molecular weight is 274 g/mol. The Bertz CT molecular complexity index is 505. The molecule has 0 aromatic carbocycles. The minimum absolute atomic E-state index is 0.832. The highest BCUT2D eigenvalue weighted by molar-refractivity contribution is 7.99. The molecule has 2 N–H and O–H groups in total. The highest BCUT2D eigenvalue weighted by Gasteiger charge is 2.15. The van der Waals surface area contributed by atoms with E-state index in [1.165, 1.54) is 23.5 Å². The van der Waals surface area contributed by atoms with E-state index in [0.29, 0.717) is 0 Å². The summed E-state index contributed by atoms with van der Waals surface area (Å²) in [6, 6.07) is 4.00. The van der Waals surface area contributed by atoms with E-state index in [-0.39, 0.29) is 0 Å². The molecular weight excluding hydrogens is 256 g/mol. The number of H-pyrrole nitrogens is 1. The third kappa shape index (κ3) is 3.16. The molecule has 3 rings (SSSR count). The van der Waals surface area contributed by atoms with Crippen LogP contribution in [0.4, 0.5) is 0 Å². The standard InChI is InChI=1S/C14H18N4S/c1-2-12(7-15-4-1)14-13(9-17-18-14)8-16-6-11-3-5-19-10-11/h1-2,4,7,9,11,16H,3,5-6,8,10H2,(H,17,18). The number of thioether (sulfide) groups is 1. The lowest BCUT2D eigenvalue weighted by molar-refractivity contribution is 0.523. The SMILES string of the molecule is c1cncc(-c2[nH]ncc2CNCC2CCSC2)c1. The predicted molar refractivity (Wildman–Crippen MR) is 79.0 cm³/mol. The Morgan fingerprint density at radius 2 is 2.42 bits per heavy atom. The van der Waals surface area contributed by atoms with Gasteiger partial charge in [-0.05, 0) is 42.5 Å². The fraction of sp³-hybridized carbons (Fsp3) is 0.429. The number of nitrogens with zero attached hydrogens (tertiary/aromatic N) is 2. The van der Waals surface area contributed by atoms with Gasteiger partial charge in [0.05, 0.1) is 11.9 Å². The molecule has 1 aliphatic heterocycles. The van der Waals surface area contributed by atoms with Crippen LogP contribution in [0.5, 0.6) is 0 Å². The van der Waals surface area contributed by atoms with Crippen molar-refractivity contribution >= 4 is 11.8 Å². The lowest BCUT2D eigenvalue weighted by atomic mass is 10.1. The second kappa shape index (κ2) is 6.21. The largest absolute Gasteiger partial charge is 0.312 e. The van der Waals surface area contributed by atoms with E-state index in [1.807, 2.05) is 18.5 Å². The van der Waals surface area contributed by atoms with Gasteiger partial charge in [0.25, 0.3) is 0 Å². The summed E-state index contributed by atoms with van der Waals surface area (Å²) in [6.07, 6.45) is 6.90. The number of hydrogen-bond donors (Lipinski definition) is 2. The first-order valence-corrected chi connectivity index (χ1v) is 7.80. The van der Waals surface area contributed by atoms with Gasteiger partial charge in [0.2, 0.25) is 0 Å². The third-order valence-corrected chi connectivity index (χ3v) is 4.67. The molecule has 2 aromatic heterocycles. The summed E-state index contributed by atoms with van der Waals surface area (Å²) < 4.78 is 0. The van der Waals surface area contributed by atoms with Gasteiger partial charge in [0, 0.05) is 30.1 Å². The van der Waals surface area contributed by atoms with E-state index >= 15 is 0 Å². The summed E-state index contributed by atoms with van der Waals surface area (Å²) >= 11 is 2.06. The molecule has 1 fully saturated rings. The molecule has 1 atom stereocenters. The summed E-state index contributed by atoms with van der Waals surface area (Å²) in [7, 11) is 0. The maximum atomic E-state index is 4.15.